The molecular weight excluding hydrogens is 252 g/mol. The van der Waals surface area contributed by atoms with E-state index in [-0.39, 0.29) is 17.5 Å². The van der Waals surface area contributed by atoms with Gasteiger partial charge in [0.2, 0.25) is 0 Å². The normalized spacial score (nSPS) is 33.9. The van der Waals surface area contributed by atoms with Crippen molar-refractivity contribution >= 4 is 9.84 Å². The molecule has 2 aliphatic rings. The van der Waals surface area contributed by atoms with E-state index in [1.54, 1.807) is 0 Å². The number of hydrogen-bond donors (Lipinski definition) is 2. The van der Waals surface area contributed by atoms with Crippen molar-refractivity contribution in [2.24, 2.45) is 5.92 Å². The molecule has 2 N–H and O–H groups in total. The zero-order valence-corrected chi connectivity index (χ0v) is 11.8. The third kappa shape index (κ3) is 3.91. The fraction of sp³-hybridized carbons (Fsp3) is 1.00. The number of sulfone groups is 1. The summed E-state index contributed by atoms with van der Waals surface area (Å²) in [6.45, 7) is 3.13. The van der Waals surface area contributed by atoms with Crippen LogP contribution in [0.1, 0.15) is 19.3 Å². The summed E-state index contributed by atoms with van der Waals surface area (Å²) in [6.07, 6.45) is 2.80. The SMILES string of the molecule is CN1CCC(CCNC2CS(=O)(=O)CC2O)CC1. The number of aliphatic hydroxyl groups is 1. The van der Waals surface area contributed by atoms with Crippen LogP contribution < -0.4 is 5.32 Å². The molecule has 2 atom stereocenters. The molecule has 2 rings (SSSR count). The third-order valence-corrected chi connectivity index (χ3v) is 5.84. The lowest BCUT2D eigenvalue weighted by molar-refractivity contribution is 0.161. The first kappa shape index (κ1) is 14.2. The van der Waals surface area contributed by atoms with E-state index >= 15 is 0 Å². The average Bonchev–Trinajstić information content (AvgIpc) is 2.55. The van der Waals surface area contributed by atoms with Crippen molar-refractivity contribution in [3.63, 3.8) is 0 Å². The summed E-state index contributed by atoms with van der Waals surface area (Å²) in [5.41, 5.74) is 0. The highest BCUT2D eigenvalue weighted by atomic mass is 32.2. The van der Waals surface area contributed by atoms with E-state index < -0.39 is 15.9 Å². The molecule has 2 aliphatic heterocycles. The minimum atomic E-state index is -3.03. The van der Waals surface area contributed by atoms with Crippen LogP contribution in [0.15, 0.2) is 0 Å². The second-order valence-electron chi connectivity index (χ2n) is 5.74. The molecule has 0 aromatic rings. The number of nitrogens with one attached hydrogen (secondary N) is 1. The van der Waals surface area contributed by atoms with Crippen LogP contribution in [0.4, 0.5) is 0 Å². The van der Waals surface area contributed by atoms with Crippen LogP contribution in [0, 0.1) is 5.92 Å². The van der Waals surface area contributed by atoms with Crippen LogP contribution in [0.25, 0.3) is 0 Å². The van der Waals surface area contributed by atoms with E-state index in [1.165, 1.54) is 12.8 Å². The van der Waals surface area contributed by atoms with E-state index in [1.807, 2.05) is 0 Å². The van der Waals surface area contributed by atoms with Gasteiger partial charge in [0.1, 0.15) is 0 Å². The van der Waals surface area contributed by atoms with Gasteiger partial charge in [0.05, 0.1) is 17.6 Å². The largest absolute Gasteiger partial charge is 0.390 e. The summed E-state index contributed by atoms with van der Waals surface area (Å²) < 4.78 is 22.7. The summed E-state index contributed by atoms with van der Waals surface area (Å²) in [6, 6.07) is -0.263. The smallest absolute Gasteiger partial charge is 0.154 e. The van der Waals surface area contributed by atoms with E-state index in [2.05, 4.69) is 17.3 Å². The van der Waals surface area contributed by atoms with Crippen molar-refractivity contribution in [2.45, 2.75) is 31.4 Å². The molecule has 2 unspecified atom stereocenters. The fourth-order valence-corrected chi connectivity index (χ4v) is 4.62. The highest BCUT2D eigenvalue weighted by Gasteiger charge is 2.35. The van der Waals surface area contributed by atoms with Crippen LogP contribution in [0.2, 0.25) is 0 Å². The fourth-order valence-electron chi connectivity index (χ4n) is 2.85. The molecule has 0 aromatic carbocycles. The Balaban J connectivity index is 1.67. The van der Waals surface area contributed by atoms with Crippen molar-refractivity contribution < 1.29 is 13.5 Å². The van der Waals surface area contributed by atoms with Gasteiger partial charge < -0.3 is 15.3 Å². The second kappa shape index (κ2) is 5.86. The van der Waals surface area contributed by atoms with E-state index in [9.17, 15) is 13.5 Å². The van der Waals surface area contributed by atoms with Crippen LogP contribution >= 0.6 is 0 Å². The lowest BCUT2D eigenvalue weighted by Gasteiger charge is -2.29. The molecule has 0 spiro atoms. The zero-order chi connectivity index (χ0) is 13.2. The van der Waals surface area contributed by atoms with Crippen molar-refractivity contribution in [2.75, 3.05) is 38.2 Å². The first-order valence-electron chi connectivity index (χ1n) is 6.77. The molecule has 0 amide bonds. The molecule has 0 radical (unpaired) electrons. The molecule has 2 fully saturated rings. The van der Waals surface area contributed by atoms with Gasteiger partial charge in [-0.1, -0.05) is 0 Å². The first-order chi connectivity index (χ1) is 8.46. The number of nitrogens with zero attached hydrogens (tertiary/aromatic N) is 1. The Hall–Kier alpha value is -0.170. The van der Waals surface area contributed by atoms with Crippen LogP contribution in [0.3, 0.4) is 0 Å². The Morgan fingerprint density at radius 2 is 1.94 bits per heavy atom. The van der Waals surface area contributed by atoms with Crippen LogP contribution in [0.5, 0.6) is 0 Å². The Labute approximate surface area is 109 Å². The van der Waals surface area contributed by atoms with Crippen molar-refractivity contribution in [1.82, 2.24) is 10.2 Å². The molecule has 106 valence electrons. The van der Waals surface area contributed by atoms with Gasteiger partial charge >= 0.3 is 0 Å². The van der Waals surface area contributed by atoms with E-state index in [0.29, 0.717) is 0 Å². The van der Waals surface area contributed by atoms with E-state index in [4.69, 9.17) is 0 Å². The lowest BCUT2D eigenvalue weighted by Crippen LogP contribution is -2.40. The number of piperidine rings is 1. The standard InChI is InChI=1S/C12H24N2O3S/c1-14-6-3-10(4-7-14)2-5-13-11-8-18(16,17)9-12(11)15/h10-13,15H,2-9H2,1H3. The molecule has 0 bridgehead atoms. The topological polar surface area (TPSA) is 69.6 Å². The maximum atomic E-state index is 11.3. The Morgan fingerprint density at radius 3 is 2.50 bits per heavy atom. The van der Waals surface area contributed by atoms with Gasteiger partial charge in [-0.05, 0) is 51.9 Å². The molecule has 5 nitrogen and oxygen atoms in total. The van der Waals surface area contributed by atoms with Gasteiger partial charge in [-0.25, -0.2) is 8.42 Å². The van der Waals surface area contributed by atoms with Gasteiger partial charge in [0, 0.05) is 6.04 Å². The predicted octanol–water partition coefficient (Wildman–Crippen LogP) is -0.534. The summed E-state index contributed by atoms with van der Waals surface area (Å²) in [7, 11) is -0.879. The molecule has 2 saturated heterocycles. The minimum Gasteiger partial charge on any atom is -0.390 e. The molecule has 0 aliphatic carbocycles. The number of aliphatic hydroxyl groups excluding tert-OH is 1. The van der Waals surface area contributed by atoms with Gasteiger partial charge in [0.25, 0.3) is 0 Å². The number of likely N-dealkylation sites (tertiary alicyclic amines) is 1. The van der Waals surface area contributed by atoms with Gasteiger partial charge in [-0.3, -0.25) is 0 Å². The molecule has 2 heterocycles. The van der Waals surface area contributed by atoms with E-state index in [0.717, 1.165) is 32.0 Å². The summed E-state index contributed by atoms with van der Waals surface area (Å²) >= 11 is 0. The van der Waals surface area contributed by atoms with Gasteiger partial charge in [0.15, 0.2) is 9.84 Å². The highest BCUT2D eigenvalue weighted by Crippen LogP contribution is 2.19. The molecule has 0 aromatic heterocycles. The Kier molecular flexibility index (Phi) is 4.64. The van der Waals surface area contributed by atoms with Crippen LogP contribution in [-0.4, -0.2) is 68.8 Å². The summed E-state index contributed by atoms with van der Waals surface area (Å²) in [5.74, 6) is 0.740. The Morgan fingerprint density at radius 1 is 1.28 bits per heavy atom. The Bertz CT molecular complexity index is 364. The van der Waals surface area contributed by atoms with Crippen molar-refractivity contribution in [3.8, 4) is 0 Å². The van der Waals surface area contributed by atoms with Crippen molar-refractivity contribution in [3.05, 3.63) is 0 Å². The maximum Gasteiger partial charge on any atom is 0.154 e. The average molecular weight is 276 g/mol. The van der Waals surface area contributed by atoms with Gasteiger partial charge in [-0.2, -0.15) is 0 Å². The predicted molar refractivity (Wildman–Crippen MR) is 71.3 cm³/mol. The van der Waals surface area contributed by atoms with Crippen LogP contribution in [-0.2, 0) is 9.84 Å². The second-order valence-corrected chi connectivity index (χ2v) is 7.89. The monoisotopic (exact) mass is 276 g/mol. The number of rotatable bonds is 4. The minimum absolute atomic E-state index is 0.0844. The maximum absolute atomic E-state index is 11.3. The molecular formula is C12H24N2O3S. The molecule has 6 heteroatoms. The lowest BCUT2D eigenvalue weighted by atomic mass is 9.94. The molecule has 18 heavy (non-hydrogen) atoms. The highest BCUT2D eigenvalue weighted by molar-refractivity contribution is 7.91. The van der Waals surface area contributed by atoms with Crippen molar-refractivity contribution in [1.29, 1.82) is 0 Å². The number of hydrogen-bond acceptors (Lipinski definition) is 5. The quantitative estimate of drug-likeness (QED) is 0.722. The van der Waals surface area contributed by atoms with Gasteiger partial charge in [-0.15, -0.1) is 0 Å². The first-order valence-corrected chi connectivity index (χ1v) is 8.59. The summed E-state index contributed by atoms with van der Waals surface area (Å²) in [5, 5.41) is 12.9. The molecule has 0 saturated carbocycles. The zero-order valence-electron chi connectivity index (χ0n) is 11.0. The third-order valence-electron chi connectivity index (χ3n) is 4.12. The summed E-state index contributed by atoms with van der Waals surface area (Å²) in [4.78, 5) is 2.34.